The summed E-state index contributed by atoms with van der Waals surface area (Å²) in [5.74, 6) is 1.50. The minimum absolute atomic E-state index is 0. The van der Waals surface area contributed by atoms with Gasteiger partial charge in [-0.15, -0.1) is 24.0 Å². The van der Waals surface area contributed by atoms with Gasteiger partial charge in [0.2, 0.25) is 0 Å². The number of nitrogens with zero attached hydrogens (tertiary/aromatic N) is 2. The zero-order valence-corrected chi connectivity index (χ0v) is 15.9. The lowest BCUT2D eigenvalue weighted by molar-refractivity contribution is 0.488. The average molecular weight is 431 g/mol. The van der Waals surface area contributed by atoms with Crippen molar-refractivity contribution in [3.05, 3.63) is 35.3 Å². The van der Waals surface area contributed by atoms with E-state index in [4.69, 9.17) is 4.42 Å². The Bertz CT molecular complexity index is 692. The summed E-state index contributed by atoms with van der Waals surface area (Å²) in [6.45, 7) is 7.45. The first-order valence-electron chi connectivity index (χ1n) is 7.90. The summed E-state index contributed by atoms with van der Waals surface area (Å²) < 4.78 is 19.2. The fourth-order valence-electron chi connectivity index (χ4n) is 2.90. The minimum Gasteiger partial charge on any atom is -0.459 e. The predicted octanol–water partition coefficient (Wildman–Crippen LogP) is 4.06. The van der Waals surface area contributed by atoms with Crippen LogP contribution >= 0.6 is 24.0 Å². The number of guanidine groups is 1. The molecular formula is C17H23FIN3O. The molecule has 4 nitrogen and oxygen atoms in total. The maximum Gasteiger partial charge on any atom is 0.194 e. The summed E-state index contributed by atoms with van der Waals surface area (Å²) >= 11 is 0. The second kappa shape index (κ2) is 7.99. The van der Waals surface area contributed by atoms with Crippen LogP contribution in [0.25, 0.3) is 11.0 Å². The number of likely N-dealkylation sites (tertiary alicyclic amines) is 1. The van der Waals surface area contributed by atoms with Gasteiger partial charge in [-0.2, -0.15) is 0 Å². The highest BCUT2D eigenvalue weighted by atomic mass is 127. The quantitative estimate of drug-likeness (QED) is 0.453. The Hall–Kier alpha value is -1.31. The number of furan rings is 1. The molecule has 0 saturated carbocycles. The number of aliphatic imine (C=N–C) groups is 1. The molecule has 1 aliphatic heterocycles. The number of rotatable bonds is 3. The first-order chi connectivity index (χ1) is 10.7. The SMILES string of the molecule is CCNC(=NCc1oc2ccc(F)cc2c1C)N1CCCC1.I. The fraction of sp³-hybridized carbons (Fsp3) is 0.471. The fourth-order valence-corrected chi connectivity index (χ4v) is 2.90. The van der Waals surface area contributed by atoms with Gasteiger partial charge in [0.25, 0.3) is 0 Å². The van der Waals surface area contributed by atoms with E-state index in [-0.39, 0.29) is 29.8 Å². The van der Waals surface area contributed by atoms with Gasteiger partial charge in [-0.3, -0.25) is 0 Å². The van der Waals surface area contributed by atoms with Crippen LogP contribution in [-0.4, -0.2) is 30.5 Å². The predicted molar refractivity (Wildman–Crippen MR) is 102 cm³/mol. The van der Waals surface area contributed by atoms with Crippen LogP contribution in [0.5, 0.6) is 0 Å². The van der Waals surface area contributed by atoms with E-state index in [2.05, 4.69) is 22.1 Å². The van der Waals surface area contributed by atoms with Crippen LogP contribution in [0.3, 0.4) is 0 Å². The monoisotopic (exact) mass is 431 g/mol. The molecule has 0 bridgehead atoms. The third-order valence-corrected chi connectivity index (χ3v) is 4.11. The van der Waals surface area contributed by atoms with E-state index in [1.54, 1.807) is 6.07 Å². The molecule has 23 heavy (non-hydrogen) atoms. The molecule has 0 unspecified atom stereocenters. The summed E-state index contributed by atoms with van der Waals surface area (Å²) in [7, 11) is 0. The topological polar surface area (TPSA) is 40.8 Å². The molecule has 0 amide bonds. The third kappa shape index (κ3) is 3.97. The van der Waals surface area contributed by atoms with Crippen LogP contribution in [0.4, 0.5) is 4.39 Å². The lowest BCUT2D eigenvalue weighted by atomic mass is 10.1. The zero-order valence-electron chi connectivity index (χ0n) is 13.6. The van der Waals surface area contributed by atoms with Crippen LogP contribution in [0, 0.1) is 12.7 Å². The van der Waals surface area contributed by atoms with E-state index >= 15 is 0 Å². The molecule has 0 aliphatic carbocycles. The van der Waals surface area contributed by atoms with E-state index in [9.17, 15) is 4.39 Å². The maximum absolute atomic E-state index is 13.4. The van der Waals surface area contributed by atoms with E-state index in [0.717, 1.165) is 47.9 Å². The van der Waals surface area contributed by atoms with Crippen molar-refractivity contribution in [1.29, 1.82) is 0 Å². The first kappa shape index (κ1) is 18.0. The molecule has 0 atom stereocenters. The Morgan fingerprint density at radius 1 is 1.35 bits per heavy atom. The Labute approximate surface area is 153 Å². The smallest absolute Gasteiger partial charge is 0.194 e. The molecule has 0 radical (unpaired) electrons. The van der Waals surface area contributed by atoms with Gasteiger partial charge in [-0.25, -0.2) is 9.38 Å². The summed E-state index contributed by atoms with van der Waals surface area (Å²) in [4.78, 5) is 6.97. The second-order valence-electron chi connectivity index (χ2n) is 5.66. The van der Waals surface area contributed by atoms with Gasteiger partial charge in [0, 0.05) is 30.6 Å². The van der Waals surface area contributed by atoms with Gasteiger partial charge in [-0.1, -0.05) is 0 Å². The normalized spacial score (nSPS) is 15.1. The molecule has 1 fully saturated rings. The van der Waals surface area contributed by atoms with Crippen molar-refractivity contribution in [3.63, 3.8) is 0 Å². The van der Waals surface area contributed by atoms with Crippen LogP contribution < -0.4 is 5.32 Å². The molecule has 1 aliphatic rings. The van der Waals surface area contributed by atoms with Gasteiger partial charge in [0.15, 0.2) is 5.96 Å². The maximum atomic E-state index is 13.4. The van der Waals surface area contributed by atoms with Crippen molar-refractivity contribution in [1.82, 2.24) is 10.2 Å². The molecule has 6 heteroatoms. The molecule has 3 rings (SSSR count). The molecule has 1 aromatic carbocycles. The van der Waals surface area contributed by atoms with E-state index in [1.165, 1.54) is 25.0 Å². The minimum atomic E-state index is -0.239. The summed E-state index contributed by atoms with van der Waals surface area (Å²) in [5.41, 5.74) is 1.69. The van der Waals surface area contributed by atoms with Gasteiger partial charge in [0.1, 0.15) is 23.7 Å². The highest BCUT2D eigenvalue weighted by Crippen LogP contribution is 2.26. The van der Waals surface area contributed by atoms with Gasteiger partial charge in [0.05, 0.1) is 0 Å². The largest absolute Gasteiger partial charge is 0.459 e. The van der Waals surface area contributed by atoms with Crippen LogP contribution in [-0.2, 0) is 6.54 Å². The van der Waals surface area contributed by atoms with Crippen molar-refractivity contribution >= 4 is 40.9 Å². The number of aryl methyl sites for hydroxylation is 1. The van der Waals surface area contributed by atoms with Crippen LogP contribution in [0.15, 0.2) is 27.6 Å². The molecular weight excluding hydrogens is 408 g/mol. The molecule has 2 aromatic rings. The van der Waals surface area contributed by atoms with E-state index in [0.29, 0.717) is 6.54 Å². The zero-order chi connectivity index (χ0) is 15.5. The van der Waals surface area contributed by atoms with Gasteiger partial charge in [-0.05, 0) is 44.9 Å². The highest BCUT2D eigenvalue weighted by molar-refractivity contribution is 14.0. The highest BCUT2D eigenvalue weighted by Gasteiger charge is 2.16. The first-order valence-corrected chi connectivity index (χ1v) is 7.90. The molecule has 1 N–H and O–H groups in total. The summed E-state index contributed by atoms with van der Waals surface area (Å²) in [6, 6.07) is 4.62. The van der Waals surface area contributed by atoms with Crippen LogP contribution in [0.2, 0.25) is 0 Å². The Balaban J connectivity index is 0.00000192. The van der Waals surface area contributed by atoms with Crippen molar-refractivity contribution in [2.45, 2.75) is 33.2 Å². The number of hydrogen-bond acceptors (Lipinski definition) is 2. The van der Waals surface area contributed by atoms with Crippen molar-refractivity contribution in [2.75, 3.05) is 19.6 Å². The molecule has 126 valence electrons. The number of fused-ring (bicyclic) bond motifs is 1. The Kier molecular flexibility index (Phi) is 6.26. The third-order valence-electron chi connectivity index (χ3n) is 4.11. The standard InChI is InChI=1S/C17H22FN3O.HI/c1-3-19-17(21-8-4-5-9-21)20-11-16-12(2)14-10-13(18)6-7-15(14)22-16;/h6-7,10H,3-5,8-9,11H2,1-2H3,(H,19,20);1H. The van der Waals surface area contributed by atoms with Crippen molar-refractivity contribution in [3.8, 4) is 0 Å². The number of hydrogen-bond donors (Lipinski definition) is 1. The Morgan fingerprint density at radius 2 is 2.09 bits per heavy atom. The van der Waals surface area contributed by atoms with E-state index < -0.39 is 0 Å². The lowest BCUT2D eigenvalue weighted by Gasteiger charge is -2.20. The molecule has 1 aromatic heterocycles. The van der Waals surface area contributed by atoms with Crippen molar-refractivity contribution < 1.29 is 8.81 Å². The van der Waals surface area contributed by atoms with Crippen LogP contribution in [0.1, 0.15) is 31.1 Å². The summed E-state index contributed by atoms with van der Waals surface area (Å²) in [5, 5.41) is 4.16. The second-order valence-corrected chi connectivity index (χ2v) is 5.66. The van der Waals surface area contributed by atoms with Gasteiger partial charge < -0.3 is 14.6 Å². The Morgan fingerprint density at radius 3 is 2.78 bits per heavy atom. The van der Waals surface area contributed by atoms with Crippen molar-refractivity contribution in [2.24, 2.45) is 4.99 Å². The average Bonchev–Trinajstić information content (AvgIpc) is 3.13. The number of halogens is 2. The number of benzene rings is 1. The molecule has 0 spiro atoms. The lowest BCUT2D eigenvalue weighted by Crippen LogP contribution is -2.39. The van der Waals surface area contributed by atoms with E-state index in [1.807, 2.05) is 6.92 Å². The molecule has 1 saturated heterocycles. The molecule has 2 heterocycles. The summed E-state index contributed by atoms with van der Waals surface area (Å²) in [6.07, 6.45) is 2.43. The number of nitrogens with one attached hydrogen (secondary N) is 1. The van der Waals surface area contributed by atoms with Gasteiger partial charge >= 0.3 is 0 Å².